The van der Waals surface area contributed by atoms with E-state index >= 15 is 0 Å². The molecule has 0 aromatic rings. The van der Waals surface area contributed by atoms with Gasteiger partial charge in [-0.1, -0.05) is 6.92 Å². The van der Waals surface area contributed by atoms with Gasteiger partial charge in [-0.3, -0.25) is 0 Å². The van der Waals surface area contributed by atoms with Crippen LogP contribution in [0.3, 0.4) is 0 Å². The fraction of sp³-hybridized carbons (Fsp3) is 1.00. The molecule has 0 N–H and O–H groups in total. The Kier molecular flexibility index (Phi) is 5.97. The Morgan fingerprint density at radius 2 is 2.11 bits per heavy atom. The second-order valence-corrected chi connectivity index (χ2v) is 4.60. The van der Waals surface area contributed by atoms with Crippen molar-refractivity contribution in [3.8, 4) is 0 Å². The molecule has 0 aliphatic rings. The Hall–Kier alpha value is 0.740. The highest BCUT2D eigenvalue weighted by Crippen LogP contribution is 2.18. The highest BCUT2D eigenvalue weighted by atomic mass is 32.1. The molecule has 56 valence electrons. The minimum absolute atomic E-state index is 0.788. The Labute approximate surface area is 65.4 Å². The van der Waals surface area contributed by atoms with Crippen LogP contribution in [-0.2, 0) is 0 Å². The van der Waals surface area contributed by atoms with Crippen molar-refractivity contribution in [1.82, 2.24) is 4.90 Å². The zero-order valence-corrected chi connectivity index (χ0v) is 8.28. The normalized spacial score (nSPS) is 15.7. The fourth-order valence-corrected chi connectivity index (χ4v) is 1.60. The number of rotatable bonds is 4. The average Bonchev–Trinajstić information content (AvgIpc) is 1.83. The minimum atomic E-state index is 0.788. The molecule has 3 heteroatoms. The van der Waals surface area contributed by atoms with Crippen LogP contribution >= 0.6 is 21.2 Å². The molecule has 0 fully saturated rings. The molecule has 0 radical (unpaired) electrons. The van der Waals surface area contributed by atoms with Crippen LogP contribution in [0.15, 0.2) is 0 Å². The molecule has 0 aliphatic carbocycles. The molecule has 0 saturated heterocycles. The lowest BCUT2D eigenvalue weighted by molar-refractivity contribution is 0.482. The third kappa shape index (κ3) is 6.63. The molecular weight excluding hydrogens is 149 g/mol. The fourth-order valence-electron chi connectivity index (χ4n) is 0.403. The quantitative estimate of drug-likeness (QED) is 0.488. The summed E-state index contributed by atoms with van der Waals surface area (Å²) in [6, 6.07) is 0. The number of thiol groups is 1. The van der Waals surface area contributed by atoms with Crippen molar-refractivity contribution in [3.63, 3.8) is 0 Å². The third-order valence-electron chi connectivity index (χ3n) is 1.03. The van der Waals surface area contributed by atoms with Gasteiger partial charge in [-0.05, 0) is 25.5 Å². The maximum Gasteiger partial charge on any atom is 0.0152 e. The maximum atomic E-state index is 4.21. The molecule has 1 nitrogen and oxygen atoms in total. The number of hydrogen-bond acceptors (Lipinski definition) is 2. The Balaban J connectivity index is 3.06. The van der Waals surface area contributed by atoms with E-state index in [0.717, 1.165) is 20.0 Å². The van der Waals surface area contributed by atoms with Gasteiger partial charge >= 0.3 is 0 Å². The largest absolute Gasteiger partial charge is 0.306 e. The van der Waals surface area contributed by atoms with Gasteiger partial charge in [-0.15, -0.1) is 8.58 Å². The zero-order valence-electron chi connectivity index (χ0n) is 6.39. The van der Waals surface area contributed by atoms with Crippen molar-refractivity contribution in [1.29, 1.82) is 0 Å². The molecule has 0 aliphatic heterocycles. The standard InChI is InChI=1S/C6H16NPS/c1-6(4-9)8-5-7(2)3/h6,8-9H,4-5H2,1-3H3. The lowest BCUT2D eigenvalue weighted by atomic mass is 10.6. The Bertz CT molecular complexity index is 68.1. The summed E-state index contributed by atoms with van der Waals surface area (Å²) in [5.74, 6) is 1.02. The van der Waals surface area contributed by atoms with Crippen molar-refractivity contribution in [2.75, 3.05) is 26.1 Å². The zero-order chi connectivity index (χ0) is 7.28. The van der Waals surface area contributed by atoms with E-state index in [4.69, 9.17) is 0 Å². The van der Waals surface area contributed by atoms with Gasteiger partial charge in [0.15, 0.2) is 0 Å². The first kappa shape index (κ1) is 9.74. The van der Waals surface area contributed by atoms with E-state index in [-0.39, 0.29) is 0 Å². The van der Waals surface area contributed by atoms with Gasteiger partial charge in [0.2, 0.25) is 0 Å². The van der Waals surface area contributed by atoms with Crippen LogP contribution in [-0.4, -0.2) is 36.7 Å². The third-order valence-corrected chi connectivity index (χ3v) is 3.64. The van der Waals surface area contributed by atoms with Crippen molar-refractivity contribution >= 4 is 21.2 Å². The van der Waals surface area contributed by atoms with Crippen LogP contribution in [0.5, 0.6) is 0 Å². The predicted octanol–water partition coefficient (Wildman–Crippen LogP) is 1.50. The lowest BCUT2D eigenvalue weighted by Gasteiger charge is -2.12. The molecular formula is C6H16NPS. The number of hydrogen-bond donors (Lipinski definition) is 1. The van der Waals surface area contributed by atoms with Gasteiger partial charge < -0.3 is 4.90 Å². The highest BCUT2D eigenvalue weighted by Gasteiger charge is 1.97. The molecule has 0 bridgehead atoms. The van der Waals surface area contributed by atoms with Crippen molar-refractivity contribution in [3.05, 3.63) is 0 Å². The van der Waals surface area contributed by atoms with Crippen molar-refractivity contribution in [2.45, 2.75) is 12.6 Å². The van der Waals surface area contributed by atoms with Gasteiger partial charge in [0, 0.05) is 6.29 Å². The van der Waals surface area contributed by atoms with Crippen LogP contribution in [0.4, 0.5) is 0 Å². The molecule has 0 heterocycles. The second kappa shape index (κ2) is 5.52. The molecule has 0 aromatic carbocycles. The summed E-state index contributed by atoms with van der Waals surface area (Å²) in [6.07, 6.45) is 1.21. The van der Waals surface area contributed by atoms with E-state index in [1.807, 2.05) is 0 Å². The molecule has 2 unspecified atom stereocenters. The maximum absolute atomic E-state index is 4.21. The summed E-state index contributed by atoms with van der Waals surface area (Å²) >= 11 is 4.21. The summed E-state index contributed by atoms with van der Waals surface area (Å²) in [7, 11) is 5.25. The van der Waals surface area contributed by atoms with Crippen LogP contribution in [0, 0.1) is 0 Å². The average molecular weight is 165 g/mol. The summed E-state index contributed by atoms with van der Waals surface area (Å²) in [5.41, 5.74) is 0.788. The SMILES string of the molecule is CC(CS)PCN(C)C. The van der Waals surface area contributed by atoms with Crippen LogP contribution in [0.1, 0.15) is 6.92 Å². The minimum Gasteiger partial charge on any atom is -0.306 e. The second-order valence-electron chi connectivity index (χ2n) is 2.53. The molecule has 9 heavy (non-hydrogen) atoms. The number of nitrogens with zero attached hydrogens (tertiary/aromatic N) is 1. The molecule has 0 rings (SSSR count). The van der Waals surface area contributed by atoms with Crippen LogP contribution in [0.2, 0.25) is 0 Å². The van der Waals surface area contributed by atoms with Crippen LogP contribution in [0.25, 0.3) is 0 Å². The summed E-state index contributed by atoms with van der Waals surface area (Å²) < 4.78 is 0. The molecule has 0 aromatic heterocycles. The summed E-state index contributed by atoms with van der Waals surface area (Å²) in [5, 5.41) is 0. The van der Waals surface area contributed by atoms with E-state index in [1.165, 1.54) is 6.29 Å². The lowest BCUT2D eigenvalue weighted by Crippen LogP contribution is -2.11. The Morgan fingerprint density at radius 3 is 2.44 bits per heavy atom. The first-order valence-corrected chi connectivity index (χ1v) is 5.07. The highest BCUT2D eigenvalue weighted by molar-refractivity contribution is 7.80. The predicted molar refractivity (Wildman–Crippen MR) is 50.2 cm³/mol. The van der Waals surface area contributed by atoms with E-state index in [0.29, 0.717) is 0 Å². The van der Waals surface area contributed by atoms with Gasteiger partial charge in [0.25, 0.3) is 0 Å². The Morgan fingerprint density at radius 1 is 1.56 bits per heavy atom. The topological polar surface area (TPSA) is 3.24 Å². The van der Waals surface area contributed by atoms with Gasteiger partial charge in [-0.2, -0.15) is 12.6 Å². The summed E-state index contributed by atoms with van der Waals surface area (Å²) in [4.78, 5) is 2.22. The first-order chi connectivity index (χ1) is 4.16. The van der Waals surface area contributed by atoms with Gasteiger partial charge in [0.05, 0.1) is 0 Å². The van der Waals surface area contributed by atoms with E-state index in [1.54, 1.807) is 0 Å². The smallest absolute Gasteiger partial charge is 0.0152 e. The molecule has 0 amide bonds. The van der Waals surface area contributed by atoms with Crippen molar-refractivity contribution < 1.29 is 0 Å². The van der Waals surface area contributed by atoms with E-state index < -0.39 is 0 Å². The van der Waals surface area contributed by atoms with E-state index in [2.05, 4.69) is 38.5 Å². The monoisotopic (exact) mass is 165 g/mol. The molecule has 2 atom stereocenters. The first-order valence-electron chi connectivity index (χ1n) is 3.15. The van der Waals surface area contributed by atoms with Gasteiger partial charge in [-0.25, -0.2) is 0 Å². The molecule has 0 spiro atoms. The van der Waals surface area contributed by atoms with E-state index in [9.17, 15) is 0 Å². The van der Waals surface area contributed by atoms with Crippen molar-refractivity contribution in [2.24, 2.45) is 0 Å². The molecule has 0 saturated carbocycles. The van der Waals surface area contributed by atoms with Gasteiger partial charge in [0.1, 0.15) is 0 Å². The van der Waals surface area contributed by atoms with Crippen LogP contribution < -0.4 is 0 Å². The summed E-state index contributed by atoms with van der Waals surface area (Å²) in [6.45, 7) is 2.24.